The van der Waals surface area contributed by atoms with Gasteiger partial charge in [-0.1, -0.05) is 6.07 Å². The molecule has 3 N–H and O–H groups in total. The van der Waals surface area contributed by atoms with Crippen LogP contribution in [-0.4, -0.2) is 85.4 Å². The number of fused-ring (bicyclic) bond motifs is 1. The molecule has 3 heterocycles. The molecule has 0 radical (unpaired) electrons. The minimum atomic E-state index is 0.0372. The van der Waals surface area contributed by atoms with Crippen LogP contribution in [0.15, 0.2) is 47.5 Å². The summed E-state index contributed by atoms with van der Waals surface area (Å²) in [7, 11) is 4.24. The van der Waals surface area contributed by atoms with Gasteiger partial charge in [0.05, 0.1) is 11.3 Å². The zero-order valence-corrected chi connectivity index (χ0v) is 20.5. The summed E-state index contributed by atoms with van der Waals surface area (Å²) < 4.78 is 0. The number of rotatable bonds is 5. The lowest BCUT2D eigenvalue weighted by atomic mass is 9.96. The summed E-state index contributed by atoms with van der Waals surface area (Å²) in [5.74, 6) is 0.168. The number of aromatic hydroxyl groups is 1. The van der Waals surface area contributed by atoms with Crippen molar-refractivity contribution in [2.45, 2.75) is 12.8 Å². The Morgan fingerprint density at radius 2 is 1.77 bits per heavy atom. The van der Waals surface area contributed by atoms with E-state index in [9.17, 15) is 9.90 Å². The fourth-order valence-electron chi connectivity index (χ4n) is 4.90. The SMILES string of the molecule is CN1CCC(C(=O)Nc2ccc3[nH]c(O)c(C=Nc4cccc(N5CCN(C)CC5)c4)c3c2)CC1. The topological polar surface area (TPSA) is 87.2 Å². The van der Waals surface area contributed by atoms with Crippen molar-refractivity contribution in [2.75, 3.05) is 63.6 Å². The maximum atomic E-state index is 12.8. The second-order valence-electron chi connectivity index (χ2n) is 9.78. The molecule has 0 aliphatic carbocycles. The number of carbonyl (C=O) groups is 1. The monoisotopic (exact) mass is 474 g/mol. The first-order valence-electron chi connectivity index (χ1n) is 12.4. The maximum absolute atomic E-state index is 12.8. The van der Waals surface area contributed by atoms with E-state index in [4.69, 9.17) is 0 Å². The summed E-state index contributed by atoms with van der Waals surface area (Å²) in [5.41, 5.74) is 4.14. The third-order valence-electron chi connectivity index (χ3n) is 7.22. The number of H-pyrrole nitrogens is 1. The number of benzene rings is 2. The third-order valence-corrected chi connectivity index (χ3v) is 7.22. The molecule has 0 unspecified atom stereocenters. The number of carbonyl (C=O) groups excluding carboxylic acids is 1. The number of piperidine rings is 1. The Bertz CT molecular complexity index is 1220. The van der Waals surface area contributed by atoms with Crippen molar-refractivity contribution >= 4 is 40.1 Å². The van der Waals surface area contributed by atoms with Crippen LogP contribution >= 0.6 is 0 Å². The van der Waals surface area contributed by atoms with Crippen LogP contribution in [0.3, 0.4) is 0 Å². The lowest BCUT2D eigenvalue weighted by molar-refractivity contribution is -0.121. The molecule has 0 saturated carbocycles. The first-order chi connectivity index (χ1) is 17.0. The van der Waals surface area contributed by atoms with Gasteiger partial charge in [0.2, 0.25) is 5.91 Å². The molecule has 0 spiro atoms. The van der Waals surface area contributed by atoms with Crippen LogP contribution in [-0.2, 0) is 4.79 Å². The van der Waals surface area contributed by atoms with E-state index < -0.39 is 0 Å². The number of nitrogens with one attached hydrogen (secondary N) is 2. The van der Waals surface area contributed by atoms with E-state index in [-0.39, 0.29) is 17.7 Å². The standard InChI is InChI=1S/C27H34N6O2/c1-31-10-8-19(9-11-31)26(34)29-21-6-7-25-23(17-21)24(27(35)30-25)18-28-20-4-3-5-22(16-20)33-14-12-32(2)13-15-33/h3-7,16-19,30,35H,8-15H2,1-2H3,(H,29,34). The average Bonchev–Trinajstić information content (AvgIpc) is 3.18. The van der Waals surface area contributed by atoms with Gasteiger partial charge in [-0.2, -0.15) is 0 Å². The van der Waals surface area contributed by atoms with E-state index in [1.54, 1.807) is 6.21 Å². The van der Waals surface area contributed by atoms with Crippen LogP contribution < -0.4 is 10.2 Å². The number of piperazine rings is 1. The van der Waals surface area contributed by atoms with Crippen LogP contribution in [0.2, 0.25) is 0 Å². The van der Waals surface area contributed by atoms with Crippen LogP contribution in [0.4, 0.5) is 17.1 Å². The summed E-state index contributed by atoms with van der Waals surface area (Å²) in [4.78, 5) is 27.4. The molecule has 2 saturated heterocycles. The Morgan fingerprint density at radius 3 is 2.54 bits per heavy atom. The number of amides is 1. The molecular weight excluding hydrogens is 440 g/mol. The predicted octanol–water partition coefficient (Wildman–Crippen LogP) is 3.66. The van der Waals surface area contributed by atoms with Crippen molar-refractivity contribution in [3.05, 3.63) is 48.0 Å². The summed E-state index contributed by atoms with van der Waals surface area (Å²) in [5, 5.41) is 14.4. The Balaban J connectivity index is 1.33. The molecule has 2 aromatic carbocycles. The smallest absolute Gasteiger partial charge is 0.227 e. The lowest BCUT2D eigenvalue weighted by Crippen LogP contribution is -2.44. The van der Waals surface area contributed by atoms with Gasteiger partial charge in [0, 0.05) is 60.6 Å². The molecule has 8 heteroatoms. The van der Waals surface area contributed by atoms with Crippen molar-refractivity contribution in [3.8, 4) is 5.88 Å². The summed E-state index contributed by atoms with van der Waals surface area (Å²) in [6.45, 7) is 5.98. The molecule has 2 aliphatic heterocycles. The maximum Gasteiger partial charge on any atom is 0.227 e. The normalized spacial score (nSPS) is 18.5. The minimum absolute atomic E-state index is 0.0372. The number of aromatic amines is 1. The van der Waals surface area contributed by atoms with E-state index in [1.165, 1.54) is 0 Å². The number of likely N-dealkylation sites (N-methyl/N-ethyl adjacent to an activating group) is 1. The van der Waals surface area contributed by atoms with E-state index in [2.05, 4.69) is 56.2 Å². The van der Waals surface area contributed by atoms with Gasteiger partial charge >= 0.3 is 0 Å². The molecular formula is C27H34N6O2. The van der Waals surface area contributed by atoms with Gasteiger partial charge in [-0.3, -0.25) is 9.79 Å². The molecule has 2 fully saturated rings. The summed E-state index contributed by atoms with van der Waals surface area (Å²) in [6.07, 6.45) is 3.45. The van der Waals surface area contributed by atoms with Crippen LogP contribution in [0.25, 0.3) is 10.9 Å². The lowest BCUT2D eigenvalue weighted by Gasteiger charge is -2.34. The highest BCUT2D eigenvalue weighted by Gasteiger charge is 2.23. The average molecular weight is 475 g/mol. The number of anilines is 2. The van der Waals surface area contributed by atoms with Crippen LogP contribution in [0.5, 0.6) is 5.88 Å². The van der Waals surface area contributed by atoms with Crippen molar-refractivity contribution in [3.63, 3.8) is 0 Å². The van der Waals surface area contributed by atoms with Crippen molar-refractivity contribution in [1.82, 2.24) is 14.8 Å². The van der Waals surface area contributed by atoms with Gasteiger partial charge in [0.15, 0.2) is 5.88 Å². The Hall–Kier alpha value is -3.36. The second-order valence-corrected chi connectivity index (χ2v) is 9.78. The van der Waals surface area contributed by atoms with E-state index >= 15 is 0 Å². The van der Waals surface area contributed by atoms with Crippen molar-refractivity contribution < 1.29 is 9.90 Å². The fourth-order valence-corrected chi connectivity index (χ4v) is 4.90. The molecule has 0 bridgehead atoms. The van der Waals surface area contributed by atoms with Gasteiger partial charge in [-0.25, -0.2) is 0 Å². The second kappa shape index (κ2) is 10.1. The molecule has 184 valence electrons. The Kier molecular flexibility index (Phi) is 6.74. The molecule has 3 aromatic rings. The highest BCUT2D eigenvalue weighted by atomic mass is 16.3. The van der Waals surface area contributed by atoms with E-state index in [0.717, 1.165) is 80.1 Å². The largest absolute Gasteiger partial charge is 0.494 e. The fraction of sp³-hybridized carbons (Fsp3) is 0.407. The highest BCUT2D eigenvalue weighted by molar-refractivity contribution is 6.05. The quantitative estimate of drug-likeness (QED) is 0.492. The highest BCUT2D eigenvalue weighted by Crippen LogP contribution is 2.30. The number of hydrogen-bond donors (Lipinski definition) is 3. The van der Waals surface area contributed by atoms with Gasteiger partial charge in [-0.05, 0) is 76.4 Å². The zero-order chi connectivity index (χ0) is 24.4. The van der Waals surface area contributed by atoms with E-state index in [0.29, 0.717) is 5.56 Å². The summed E-state index contributed by atoms with van der Waals surface area (Å²) >= 11 is 0. The third kappa shape index (κ3) is 5.33. The first-order valence-corrected chi connectivity index (χ1v) is 12.4. The van der Waals surface area contributed by atoms with E-state index in [1.807, 2.05) is 30.3 Å². The van der Waals surface area contributed by atoms with Gasteiger partial charge < -0.3 is 30.1 Å². The van der Waals surface area contributed by atoms with Crippen LogP contribution in [0.1, 0.15) is 18.4 Å². The zero-order valence-electron chi connectivity index (χ0n) is 20.5. The molecule has 35 heavy (non-hydrogen) atoms. The van der Waals surface area contributed by atoms with Gasteiger partial charge in [-0.15, -0.1) is 0 Å². The Morgan fingerprint density at radius 1 is 1.03 bits per heavy atom. The first kappa shape index (κ1) is 23.4. The van der Waals surface area contributed by atoms with Crippen molar-refractivity contribution in [2.24, 2.45) is 10.9 Å². The number of aromatic nitrogens is 1. The number of nitrogens with zero attached hydrogens (tertiary/aromatic N) is 4. The molecule has 0 atom stereocenters. The minimum Gasteiger partial charge on any atom is -0.494 e. The molecule has 2 aliphatic rings. The van der Waals surface area contributed by atoms with Gasteiger partial charge in [0.1, 0.15) is 0 Å². The number of likely N-dealkylation sites (tertiary alicyclic amines) is 1. The Labute approximate surface area is 206 Å². The molecule has 1 aromatic heterocycles. The summed E-state index contributed by atoms with van der Waals surface area (Å²) in [6, 6.07) is 13.8. The molecule has 8 nitrogen and oxygen atoms in total. The van der Waals surface area contributed by atoms with Crippen LogP contribution in [0, 0.1) is 5.92 Å². The van der Waals surface area contributed by atoms with Crippen molar-refractivity contribution in [1.29, 1.82) is 0 Å². The van der Waals surface area contributed by atoms with Gasteiger partial charge in [0.25, 0.3) is 0 Å². The number of hydrogen-bond acceptors (Lipinski definition) is 6. The molecule has 1 amide bonds. The number of aliphatic imine (C=N–C) groups is 1. The predicted molar refractivity (Wildman–Crippen MR) is 142 cm³/mol. The molecule has 5 rings (SSSR count).